The third-order valence-electron chi connectivity index (χ3n) is 8.41. The first-order valence-corrected chi connectivity index (χ1v) is 15.9. The Bertz CT molecular complexity index is 1590. The lowest BCUT2D eigenvalue weighted by atomic mass is 9.91. The highest BCUT2D eigenvalue weighted by atomic mass is 32.2. The van der Waals surface area contributed by atoms with Gasteiger partial charge in [0.15, 0.2) is 5.03 Å². The zero-order chi connectivity index (χ0) is 28.6. The topological polar surface area (TPSA) is 117 Å². The average molecular weight is 573 g/mol. The van der Waals surface area contributed by atoms with Crippen LogP contribution in [0.4, 0.5) is 11.6 Å². The SMILES string of the molecule is CC1(C)C[C@@H]2CC[C@H](c3ccccn3)Nc3cccc(n3)S(=O)(=O)NC(=O)c3ccc(C4=CCCCC4)nc3N1C2. The van der Waals surface area contributed by atoms with Gasteiger partial charge in [0.1, 0.15) is 11.6 Å². The molecule has 4 bridgehead atoms. The lowest BCUT2D eigenvalue weighted by Crippen LogP contribution is -2.41. The highest BCUT2D eigenvalue weighted by Crippen LogP contribution is 2.41. The van der Waals surface area contributed by atoms with Crippen LogP contribution in [0.3, 0.4) is 0 Å². The van der Waals surface area contributed by atoms with Crippen LogP contribution in [-0.2, 0) is 10.0 Å². The maximum atomic E-state index is 13.6. The molecule has 9 nitrogen and oxygen atoms in total. The zero-order valence-corrected chi connectivity index (χ0v) is 24.3. The molecule has 214 valence electrons. The van der Waals surface area contributed by atoms with Crippen LogP contribution in [-0.4, -0.2) is 41.4 Å². The van der Waals surface area contributed by atoms with E-state index in [2.05, 4.69) is 44.8 Å². The average Bonchev–Trinajstić information content (AvgIpc) is 3.29. The standard InChI is InChI=1S/C31H36N6O3S/c1-31(2)19-21-14-16-26(25-11-6-7-18-32-25)33-27-12-8-13-28(35-27)41(39,40)36-30(38)23-15-17-24(22-9-4-3-5-10-22)34-29(23)37(31)20-21/h6-9,11-13,15,17-18,21,26H,3-5,10,14,16,19-20H2,1-2H3,(H,33,35)(H,36,38)/t21-,26+/m0/s1. The van der Waals surface area contributed by atoms with Gasteiger partial charge in [-0.05, 0) is 107 Å². The predicted molar refractivity (Wildman–Crippen MR) is 159 cm³/mol. The molecule has 0 unspecified atom stereocenters. The van der Waals surface area contributed by atoms with Crippen molar-refractivity contribution in [3.05, 3.63) is 77.8 Å². The van der Waals surface area contributed by atoms with Crippen LogP contribution in [0.15, 0.2) is 65.8 Å². The predicted octanol–water partition coefficient (Wildman–Crippen LogP) is 5.50. The number of carbonyl (C=O) groups excluding carboxylic acids is 1. The van der Waals surface area contributed by atoms with Gasteiger partial charge < -0.3 is 10.2 Å². The molecule has 5 heterocycles. The number of amides is 1. The number of fused-ring (bicyclic) bond motifs is 6. The van der Waals surface area contributed by atoms with Gasteiger partial charge in [-0.1, -0.05) is 18.2 Å². The number of rotatable bonds is 2. The molecule has 3 aliphatic rings. The Morgan fingerprint density at radius 2 is 1.88 bits per heavy atom. The number of anilines is 2. The maximum Gasteiger partial charge on any atom is 0.281 e. The summed E-state index contributed by atoms with van der Waals surface area (Å²) in [6.07, 6.45) is 10.9. The monoisotopic (exact) mass is 572 g/mol. The third kappa shape index (κ3) is 5.70. The summed E-state index contributed by atoms with van der Waals surface area (Å²) < 4.78 is 29.1. The van der Waals surface area contributed by atoms with Gasteiger partial charge in [-0.2, -0.15) is 8.42 Å². The molecular weight excluding hydrogens is 536 g/mol. The minimum absolute atomic E-state index is 0.159. The number of sulfonamides is 1. The molecule has 1 aliphatic carbocycles. The Balaban J connectivity index is 1.45. The summed E-state index contributed by atoms with van der Waals surface area (Å²) in [5, 5.41) is 3.18. The van der Waals surface area contributed by atoms with Crippen LogP contribution < -0.4 is 14.9 Å². The van der Waals surface area contributed by atoms with Gasteiger partial charge in [0.05, 0.1) is 23.0 Å². The summed E-state index contributed by atoms with van der Waals surface area (Å²) in [5.74, 6) is 0.579. The second-order valence-electron chi connectivity index (χ2n) is 11.9. The molecule has 2 atom stereocenters. The van der Waals surface area contributed by atoms with Crippen molar-refractivity contribution in [2.45, 2.75) is 75.4 Å². The number of nitrogens with zero attached hydrogens (tertiary/aromatic N) is 4. The molecule has 2 N–H and O–H groups in total. The van der Waals surface area contributed by atoms with Crippen LogP contribution in [0.2, 0.25) is 0 Å². The van der Waals surface area contributed by atoms with Crippen LogP contribution in [0.5, 0.6) is 0 Å². The fourth-order valence-corrected chi connectivity index (χ4v) is 7.30. The number of aromatic nitrogens is 3. The minimum atomic E-state index is -4.25. The number of hydrogen-bond donors (Lipinski definition) is 2. The van der Waals surface area contributed by atoms with Crippen LogP contribution in [0, 0.1) is 5.92 Å². The fraction of sp³-hybridized carbons (Fsp3) is 0.419. The lowest BCUT2D eigenvalue weighted by molar-refractivity contribution is 0.0981. The van der Waals surface area contributed by atoms with E-state index in [0.29, 0.717) is 17.6 Å². The van der Waals surface area contributed by atoms with Gasteiger partial charge in [0.25, 0.3) is 15.9 Å². The Kier molecular flexibility index (Phi) is 7.27. The second-order valence-corrected chi connectivity index (χ2v) is 13.5. The summed E-state index contributed by atoms with van der Waals surface area (Å²) in [5.41, 5.74) is 2.87. The first kappa shape index (κ1) is 27.4. The molecule has 0 aromatic carbocycles. The molecule has 41 heavy (non-hydrogen) atoms. The van der Waals surface area contributed by atoms with Gasteiger partial charge in [0, 0.05) is 18.3 Å². The van der Waals surface area contributed by atoms with E-state index in [0.717, 1.165) is 56.5 Å². The van der Waals surface area contributed by atoms with E-state index >= 15 is 0 Å². The first-order chi connectivity index (χ1) is 19.7. The third-order valence-corrected chi connectivity index (χ3v) is 9.64. The Morgan fingerprint density at radius 3 is 2.66 bits per heavy atom. The summed E-state index contributed by atoms with van der Waals surface area (Å²) >= 11 is 0. The van der Waals surface area contributed by atoms with E-state index in [1.54, 1.807) is 24.4 Å². The number of carbonyl (C=O) groups is 1. The molecule has 0 spiro atoms. The van der Waals surface area contributed by atoms with Crippen molar-refractivity contribution in [1.82, 2.24) is 19.7 Å². The van der Waals surface area contributed by atoms with E-state index in [1.807, 2.05) is 24.3 Å². The molecule has 1 fully saturated rings. The summed E-state index contributed by atoms with van der Waals surface area (Å²) in [7, 11) is -4.25. The van der Waals surface area contributed by atoms with Crippen molar-refractivity contribution in [3.8, 4) is 0 Å². The van der Waals surface area contributed by atoms with Crippen LogP contribution in [0.1, 0.15) is 86.6 Å². The smallest absolute Gasteiger partial charge is 0.281 e. The largest absolute Gasteiger partial charge is 0.362 e. The van der Waals surface area contributed by atoms with E-state index in [1.165, 1.54) is 18.1 Å². The van der Waals surface area contributed by atoms with Gasteiger partial charge in [-0.3, -0.25) is 9.78 Å². The van der Waals surface area contributed by atoms with Gasteiger partial charge >= 0.3 is 0 Å². The lowest BCUT2D eigenvalue weighted by Gasteiger charge is -2.34. The molecular formula is C31H36N6O3S. The number of hydrogen-bond acceptors (Lipinski definition) is 8. The summed E-state index contributed by atoms with van der Waals surface area (Å²) in [6.45, 7) is 5.06. The second kappa shape index (κ2) is 10.9. The Hall–Kier alpha value is -3.79. The summed E-state index contributed by atoms with van der Waals surface area (Å²) in [6, 6.07) is 14.0. The highest BCUT2D eigenvalue weighted by Gasteiger charge is 2.41. The van der Waals surface area contributed by atoms with Crippen molar-refractivity contribution in [1.29, 1.82) is 0 Å². The van der Waals surface area contributed by atoms with Gasteiger partial charge in [0.2, 0.25) is 0 Å². The zero-order valence-electron chi connectivity index (χ0n) is 23.5. The molecule has 1 saturated heterocycles. The molecule has 2 aliphatic heterocycles. The van der Waals surface area contributed by atoms with Crippen LogP contribution >= 0.6 is 0 Å². The molecule has 3 aromatic rings. The van der Waals surface area contributed by atoms with Crippen molar-refractivity contribution in [2.24, 2.45) is 5.92 Å². The number of nitrogens with one attached hydrogen (secondary N) is 2. The van der Waals surface area contributed by atoms with E-state index in [-0.39, 0.29) is 22.2 Å². The number of pyridine rings is 3. The summed E-state index contributed by atoms with van der Waals surface area (Å²) in [4.78, 5) is 29.8. The van der Waals surface area contributed by atoms with Gasteiger partial charge in [-0.25, -0.2) is 14.7 Å². The molecule has 1 amide bonds. The van der Waals surface area contributed by atoms with Crippen molar-refractivity contribution in [3.63, 3.8) is 0 Å². The quantitative estimate of drug-likeness (QED) is 0.414. The van der Waals surface area contributed by atoms with Crippen molar-refractivity contribution in [2.75, 3.05) is 16.8 Å². The number of allylic oxidation sites excluding steroid dienone is 2. The van der Waals surface area contributed by atoms with Crippen molar-refractivity contribution < 1.29 is 13.2 Å². The molecule has 0 saturated carbocycles. The minimum Gasteiger partial charge on any atom is -0.362 e. The molecule has 6 rings (SSSR count). The Labute approximate surface area is 241 Å². The maximum absolute atomic E-state index is 13.6. The van der Waals surface area contributed by atoms with Crippen LogP contribution in [0.25, 0.3) is 5.57 Å². The first-order valence-electron chi connectivity index (χ1n) is 14.4. The molecule has 3 aromatic heterocycles. The van der Waals surface area contributed by atoms with Crippen molar-refractivity contribution >= 4 is 33.1 Å². The van der Waals surface area contributed by atoms with E-state index < -0.39 is 15.9 Å². The molecule has 0 radical (unpaired) electrons. The fourth-order valence-electron chi connectivity index (χ4n) is 6.37. The normalized spacial score (nSPS) is 23.7. The van der Waals surface area contributed by atoms with E-state index in [4.69, 9.17) is 4.98 Å². The van der Waals surface area contributed by atoms with E-state index in [9.17, 15) is 13.2 Å². The van der Waals surface area contributed by atoms with Gasteiger partial charge in [-0.15, -0.1) is 0 Å². The Morgan fingerprint density at radius 1 is 1.00 bits per heavy atom. The highest BCUT2D eigenvalue weighted by molar-refractivity contribution is 7.90. The molecule has 10 heteroatoms.